The van der Waals surface area contributed by atoms with E-state index in [1.807, 2.05) is 4.90 Å². The number of carbonyl (C=O) groups excluding carboxylic acids is 1. The van der Waals surface area contributed by atoms with Crippen molar-refractivity contribution in [1.82, 2.24) is 4.90 Å². The van der Waals surface area contributed by atoms with Gasteiger partial charge in [0.1, 0.15) is 5.75 Å². The summed E-state index contributed by atoms with van der Waals surface area (Å²) in [6.07, 6.45) is -0.00717. The number of hydrogen-bond donors (Lipinski definition) is 2. The van der Waals surface area contributed by atoms with E-state index >= 15 is 0 Å². The predicted octanol–water partition coefficient (Wildman–Crippen LogP) is 1.37. The number of morpholine rings is 1. The molecule has 1 atom stereocenters. The van der Waals surface area contributed by atoms with Gasteiger partial charge in [-0.3, -0.25) is 9.69 Å². The van der Waals surface area contributed by atoms with Crippen LogP contribution < -0.4 is 15.8 Å². The zero-order valence-corrected chi connectivity index (χ0v) is 14.0. The topological polar surface area (TPSA) is 76.8 Å². The first-order chi connectivity index (χ1) is 10.1. The first kappa shape index (κ1) is 19.0. The molecule has 1 amide bonds. The van der Waals surface area contributed by atoms with Crippen LogP contribution in [0.3, 0.4) is 0 Å². The first-order valence-electron chi connectivity index (χ1n) is 6.79. The molecule has 1 aromatic carbocycles. The first-order valence-corrected chi connectivity index (χ1v) is 7.17. The van der Waals surface area contributed by atoms with E-state index in [2.05, 4.69) is 5.32 Å². The second-order valence-electron chi connectivity index (χ2n) is 4.86. The van der Waals surface area contributed by atoms with E-state index in [4.69, 9.17) is 26.8 Å². The maximum Gasteiger partial charge on any atom is 0.238 e. The van der Waals surface area contributed by atoms with Crippen molar-refractivity contribution in [3.8, 4) is 5.75 Å². The lowest BCUT2D eigenvalue weighted by molar-refractivity contribution is -0.119. The van der Waals surface area contributed by atoms with Crippen LogP contribution >= 0.6 is 24.0 Å². The van der Waals surface area contributed by atoms with E-state index in [0.29, 0.717) is 36.2 Å². The van der Waals surface area contributed by atoms with Crippen molar-refractivity contribution < 1.29 is 14.3 Å². The van der Waals surface area contributed by atoms with Gasteiger partial charge in [-0.25, -0.2) is 0 Å². The van der Waals surface area contributed by atoms with E-state index in [1.165, 1.54) is 0 Å². The van der Waals surface area contributed by atoms with Gasteiger partial charge in [0.25, 0.3) is 0 Å². The van der Waals surface area contributed by atoms with Crippen molar-refractivity contribution in [2.24, 2.45) is 5.73 Å². The van der Waals surface area contributed by atoms with Gasteiger partial charge in [0.2, 0.25) is 5.91 Å². The standard InChI is InChI=1S/C14H20ClN3O3.ClH/c1-20-13-3-2-10(15)6-12(13)17-14(19)9-18-4-5-21-11(7-16)8-18;/h2-3,6,11H,4-5,7-9,16H2,1H3,(H,17,19);1H. The molecule has 1 fully saturated rings. The van der Waals surface area contributed by atoms with Crippen LogP contribution in [-0.4, -0.2) is 56.8 Å². The lowest BCUT2D eigenvalue weighted by atomic mass is 10.2. The molecule has 124 valence electrons. The smallest absolute Gasteiger partial charge is 0.238 e. The zero-order valence-electron chi connectivity index (χ0n) is 12.4. The SMILES string of the molecule is COc1ccc(Cl)cc1NC(=O)CN1CCOC(CN)C1.Cl. The molecule has 0 spiro atoms. The number of methoxy groups -OCH3 is 1. The molecule has 1 aromatic rings. The van der Waals surface area contributed by atoms with Crippen LogP contribution in [0.5, 0.6) is 5.75 Å². The normalized spacial score (nSPS) is 18.4. The fourth-order valence-corrected chi connectivity index (χ4v) is 2.41. The minimum absolute atomic E-state index is 0. The summed E-state index contributed by atoms with van der Waals surface area (Å²) >= 11 is 5.94. The highest BCUT2D eigenvalue weighted by Crippen LogP contribution is 2.27. The minimum Gasteiger partial charge on any atom is -0.495 e. The summed E-state index contributed by atoms with van der Waals surface area (Å²) in [5, 5.41) is 3.36. The number of benzene rings is 1. The molecule has 3 N–H and O–H groups in total. The monoisotopic (exact) mass is 349 g/mol. The molecule has 0 aromatic heterocycles. The van der Waals surface area contributed by atoms with Crippen molar-refractivity contribution in [2.75, 3.05) is 45.2 Å². The largest absolute Gasteiger partial charge is 0.495 e. The van der Waals surface area contributed by atoms with Gasteiger partial charge >= 0.3 is 0 Å². The molecule has 1 aliphatic rings. The highest BCUT2D eigenvalue weighted by Gasteiger charge is 2.21. The number of nitrogens with one attached hydrogen (secondary N) is 1. The van der Waals surface area contributed by atoms with Crippen LogP contribution in [0.2, 0.25) is 5.02 Å². The van der Waals surface area contributed by atoms with Crippen molar-refractivity contribution in [3.05, 3.63) is 23.2 Å². The third kappa shape index (κ3) is 5.30. The Labute approximate surface area is 141 Å². The molecule has 0 aliphatic carbocycles. The van der Waals surface area contributed by atoms with E-state index < -0.39 is 0 Å². The maximum atomic E-state index is 12.1. The molecule has 0 saturated carbocycles. The summed E-state index contributed by atoms with van der Waals surface area (Å²) in [7, 11) is 1.55. The molecule has 0 bridgehead atoms. The number of carbonyl (C=O) groups is 1. The van der Waals surface area contributed by atoms with Gasteiger partial charge < -0.3 is 20.5 Å². The van der Waals surface area contributed by atoms with Crippen molar-refractivity contribution >= 4 is 35.6 Å². The molecule has 1 aliphatic heterocycles. The summed E-state index contributed by atoms with van der Waals surface area (Å²) in [6, 6.07) is 5.10. The fraction of sp³-hybridized carbons (Fsp3) is 0.500. The van der Waals surface area contributed by atoms with Gasteiger partial charge in [-0.05, 0) is 18.2 Å². The number of amides is 1. The number of nitrogens with zero attached hydrogens (tertiary/aromatic N) is 1. The molecule has 2 rings (SSSR count). The highest BCUT2D eigenvalue weighted by molar-refractivity contribution is 6.31. The molecular weight excluding hydrogens is 329 g/mol. The third-order valence-corrected chi connectivity index (χ3v) is 3.52. The van der Waals surface area contributed by atoms with Crippen molar-refractivity contribution in [3.63, 3.8) is 0 Å². The Kier molecular flexibility index (Phi) is 7.92. The summed E-state index contributed by atoms with van der Waals surface area (Å²) < 4.78 is 10.7. The Bertz CT molecular complexity index is 502. The molecule has 1 saturated heterocycles. The fourth-order valence-electron chi connectivity index (χ4n) is 2.24. The average Bonchev–Trinajstić information content (AvgIpc) is 2.47. The van der Waals surface area contributed by atoms with Gasteiger partial charge in [0.15, 0.2) is 0 Å². The van der Waals surface area contributed by atoms with Crippen molar-refractivity contribution in [2.45, 2.75) is 6.10 Å². The van der Waals surface area contributed by atoms with E-state index in [-0.39, 0.29) is 31.0 Å². The molecule has 0 radical (unpaired) electrons. The Hall–Kier alpha value is -1.05. The van der Waals surface area contributed by atoms with Gasteiger partial charge in [0, 0.05) is 24.7 Å². The van der Waals surface area contributed by atoms with E-state index in [9.17, 15) is 4.79 Å². The maximum absolute atomic E-state index is 12.1. The molecule has 22 heavy (non-hydrogen) atoms. The minimum atomic E-state index is -0.117. The zero-order chi connectivity index (χ0) is 15.2. The number of halogens is 2. The lowest BCUT2D eigenvalue weighted by Crippen LogP contribution is -2.48. The molecular formula is C14H21Cl2N3O3. The molecule has 1 heterocycles. The Morgan fingerprint density at radius 3 is 3.05 bits per heavy atom. The number of anilines is 1. The summed E-state index contributed by atoms with van der Waals surface area (Å²) in [5.74, 6) is 0.461. The molecule has 8 heteroatoms. The lowest BCUT2D eigenvalue weighted by Gasteiger charge is -2.31. The van der Waals surface area contributed by atoms with Gasteiger partial charge in [-0.1, -0.05) is 11.6 Å². The van der Waals surface area contributed by atoms with Crippen LogP contribution in [-0.2, 0) is 9.53 Å². The van der Waals surface area contributed by atoms with Crippen LogP contribution in [0, 0.1) is 0 Å². The quantitative estimate of drug-likeness (QED) is 0.839. The Morgan fingerprint density at radius 1 is 1.59 bits per heavy atom. The third-order valence-electron chi connectivity index (χ3n) is 3.29. The Morgan fingerprint density at radius 2 is 2.36 bits per heavy atom. The van der Waals surface area contributed by atoms with E-state index in [0.717, 1.165) is 6.54 Å². The molecule has 6 nitrogen and oxygen atoms in total. The van der Waals surface area contributed by atoms with Gasteiger partial charge in [-0.2, -0.15) is 0 Å². The van der Waals surface area contributed by atoms with Gasteiger partial charge in [0.05, 0.1) is 32.1 Å². The van der Waals surface area contributed by atoms with Crippen LogP contribution in [0.1, 0.15) is 0 Å². The number of rotatable bonds is 5. The van der Waals surface area contributed by atoms with E-state index in [1.54, 1.807) is 25.3 Å². The predicted molar refractivity (Wildman–Crippen MR) is 89.1 cm³/mol. The molecule has 1 unspecified atom stereocenters. The summed E-state index contributed by atoms with van der Waals surface area (Å²) in [4.78, 5) is 14.2. The number of ether oxygens (including phenoxy) is 2. The second kappa shape index (κ2) is 9.17. The summed E-state index contributed by atoms with van der Waals surface area (Å²) in [6.45, 7) is 2.72. The average molecular weight is 350 g/mol. The van der Waals surface area contributed by atoms with Crippen LogP contribution in [0.15, 0.2) is 18.2 Å². The highest BCUT2D eigenvalue weighted by atomic mass is 35.5. The van der Waals surface area contributed by atoms with Crippen molar-refractivity contribution in [1.29, 1.82) is 0 Å². The van der Waals surface area contributed by atoms with Crippen LogP contribution in [0.25, 0.3) is 0 Å². The van der Waals surface area contributed by atoms with Crippen LogP contribution in [0.4, 0.5) is 5.69 Å². The Balaban J connectivity index is 0.00000242. The van der Waals surface area contributed by atoms with Gasteiger partial charge in [-0.15, -0.1) is 12.4 Å². The summed E-state index contributed by atoms with van der Waals surface area (Å²) in [5.41, 5.74) is 6.16. The number of nitrogens with two attached hydrogens (primary N) is 1. The number of hydrogen-bond acceptors (Lipinski definition) is 5. The second-order valence-corrected chi connectivity index (χ2v) is 5.29.